The molecule has 0 fully saturated rings. The maximum atomic E-state index is 9.27. The Morgan fingerprint density at radius 1 is 1.13 bits per heavy atom. The fourth-order valence-corrected chi connectivity index (χ4v) is 1.28. The highest BCUT2D eigenvalue weighted by Gasteiger charge is 1.96. The summed E-state index contributed by atoms with van der Waals surface area (Å²) in [5.41, 5.74) is 7.19. The van der Waals surface area contributed by atoms with Crippen molar-refractivity contribution in [2.45, 2.75) is 0 Å². The molecule has 0 saturated heterocycles. The molecular formula is C11H11N3O. The van der Waals surface area contributed by atoms with Crippen LogP contribution in [0.15, 0.2) is 42.6 Å². The molecule has 4 nitrogen and oxygen atoms in total. The van der Waals surface area contributed by atoms with Crippen molar-refractivity contribution < 1.29 is 5.11 Å². The predicted octanol–water partition coefficient (Wildman–Crippen LogP) is 2.11. The van der Waals surface area contributed by atoms with Crippen LogP contribution in [-0.2, 0) is 0 Å². The number of nitrogens with zero attached hydrogens (tertiary/aromatic N) is 1. The second-order valence-corrected chi connectivity index (χ2v) is 3.14. The molecule has 0 aliphatic rings. The largest absolute Gasteiger partial charge is 0.508 e. The first-order valence-electron chi connectivity index (χ1n) is 4.51. The second kappa shape index (κ2) is 3.88. The molecule has 0 unspecified atom stereocenters. The van der Waals surface area contributed by atoms with Crippen LogP contribution in [0.5, 0.6) is 5.75 Å². The van der Waals surface area contributed by atoms with Crippen LogP contribution in [0.25, 0.3) is 0 Å². The van der Waals surface area contributed by atoms with E-state index in [4.69, 9.17) is 5.73 Å². The highest BCUT2D eigenvalue weighted by molar-refractivity contribution is 5.62. The molecule has 2 rings (SSSR count). The van der Waals surface area contributed by atoms with E-state index in [0.29, 0.717) is 5.82 Å². The minimum absolute atomic E-state index is 0.224. The summed E-state index contributed by atoms with van der Waals surface area (Å²) in [6, 6.07) is 10.4. The lowest BCUT2D eigenvalue weighted by molar-refractivity contribution is 0.475. The highest BCUT2D eigenvalue weighted by Crippen LogP contribution is 2.20. The quantitative estimate of drug-likeness (QED) is 0.696. The van der Waals surface area contributed by atoms with Gasteiger partial charge in [0.1, 0.15) is 11.6 Å². The average molecular weight is 201 g/mol. The molecule has 0 aliphatic heterocycles. The summed E-state index contributed by atoms with van der Waals surface area (Å²) >= 11 is 0. The zero-order valence-corrected chi connectivity index (χ0v) is 8.01. The van der Waals surface area contributed by atoms with Gasteiger partial charge >= 0.3 is 0 Å². The maximum absolute atomic E-state index is 9.27. The van der Waals surface area contributed by atoms with Crippen LogP contribution in [0, 0.1) is 0 Å². The van der Waals surface area contributed by atoms with E-state index in [1.807, 2.05) is 6.07 Å². The third-order valence-electron chi connectivity index (χ3n) is 1.92. The third-order valence-corrected chi connectivity index (χ3v) is 1.92. The number of phenolic OH excluding ortho intramolecular Hbond substituents is 1. The van der Waals surface area contributed by atoms with Crippen molar-refractivity contribution in [3.05, 3.63) is 42.6 Å². The van der Waals surface area contributed by atoms with E-state index in [-0.39, 0.29) is 5.75 Å². The number of aromatic nitrogens is 1. The molecular weight excluding hydrogens is 190 g/mol. The number of aromatic hydroxyl groups is 1. The Labute approximate surface area is 87.4 Å². The number of hydrogen-bond acceptors (Lipinski definition) is 4. The Bertz CT molecular complexity index is 427. The first kappa shape index (κ1) is 9.33. The van der Waals surface area contributed by atoms with E-state index in [9.17, 15) is 5.11 Å². The Balaban J connectivity index is 2.22. The topological polar surface area (TPSA) is 71.2 Å². The lowest BCUT2D eigenvalue weighted by Gasteiger charge is -2.06. The molecule has 0 bridgehead atoms. The van der Waals surface area contributed by atoms with Crippen molar-refractivity contribution in [2.75, 3.05) is 11.1 Å². The number of hydrogen-bond donors (Lipinski definition) is 3. The fourth-order valence-electron chi connectivity index (χ4n) is 1.28. The van der Waals surface area contributed by atoms with E-state index in [1.165, 1.54) is 0 Å². The average Bonchev–Trinajstić information content (AvgIpc) is 2.17. The van der Waals surface area contributed by atoms with Crippen LogP contribution in [0.1, 0.15) is 0 Å². The molecule has 0 radical (unpaired) electrons. The predicted molar refractivity (Wildman–Crippen MR) is 60.0 cm³/mol. The Hall–Kier alpha value is -2.23. The van der Waals surface area contributed by atoms with E-state index < -0.39 is 0 Å². The maximum Gasteiger partial charge on any atom is 0.125 e. The van der Waals surface area contributed by atoms with Gasteiger partial charge in [-0.1, -0.05) is 6.07 Å². The van der Waals surface area contributed by atoms with Crippen molar-refractivity contribution in [3.63, 3.8) is 0 Å². The summed E-state index contributed by atoms with van der Waals surface area (Å²) < 4.78 is 0. The van der Waals surface area contributed by atoms with Gasteiger partial charge in [0.15, 0.2) is 0 Å². The number of nitrogens with one attached hydrogen (secondary N) is 1. The zero-order chi connectivity index (χ0) is 10.7. The molecule has 0 saturated carbocycles. The molecule has 1 aromatic heterocycles. The van der Waals surface area contributed by atoms with Crippen LogP contribution in [0.4, 0.5) is 17.2 Å². The van der Waals surface area contributed by atoms with E-state index in [1.54, 1.807) is 36.5 Å². The van der Waals surface area contributed by atoms with Crippen LogP contribution >= 0.6 is 0 Å². The van der Waals surface area contributed by atoms with Crippen molar-refractivity contribution >= 4 is 17.2 Å². The van der Waals surface area contributed by atoms with Gasteiger partial charge in [0, 0.05) is 29.7 Å². The molecule has 0 atom stereocenters. The molecule has 15 heavy (non-hydrogen) atoms. The van der Waals surface area contributed by atoms with Gasteiger partial charge < -0.3 is 16.2 Å². The zero-order valence-electron chi connectivity index (χ0n) is 8.01. The lowest BCUT2D eigenvalue weighted by atomic mass is 10.3. The normalized spacial score (nSPS) is 9.87. The monoisotopic (exact) mass is 201 g/mol. The van der Waals surface area contributed by atoms with Crippen LogP contribution in [0.3, 0.4) is 0 Å². The minimum Gasteiger partial charge on any atom is -0.508 e. The first-order chi connectivity index (χ1) is 7.24. The molecule has 4 heteroatoms. The number of nitrogen functional groups attached to an aromatic ring is 1. The summed E-state index contributed by atoms with van der Waals surface area (Å²) in [5, 5.41) is 12.4. The van der Waals surface area contributed by atoms with Gasteiger partial charge in [0.05, 0.1) is 0 Å². The second-order valence-electron chi connectivity index (χ2n) is 3.14. The molecule has 0 aliphatic carbocycles. The summed E-state index contributed by atoms with van der Waals surface area (Å²) in [6.45, 7) is 0. The molecule has 1 heterocycles. The van der Waals surface area contributed by atoms with E-state index >= 15 is 0 Å². The molecule has 0 spiro atoms. The number of pyridine rings is 1. The highest BCUT2D eigenvalue weighted by atomic mass is 16.3. The van der Waals surface area contributed by atoms with Crippen LogP contribution in [-0.4, -0.2) is 10.1 Å². The molecule has 4 N–H and O–H groups in total. The summed E-state index contributed by atoms with van der Waals surface area (Å²) in [5.74, 6) is 0.683. The number of nitrogens with two attached hydrogens (primary N) is 1. The van der Waals surface area contributed by atoms with E-state index in [0.717, 1.165) is 11.4 Å². The summed E-state index contributed by atoms with van der Waals surface area (Å²) in [6.07, 6.45) is 1.63. The standard InChI is InChI=1S/C11H11N3O/c12-11-7-9(4-5-13-11)14-8-2-1-3-10(15)6-8/h1-7,15H,(H3,12,13,14). The molecule has 2 aromatic rings. The molecule has 0 amide bonds. The van der Waals surface area contributed by atoms with Crippen molar-refractivity contribution in [3.8, 4) is 5.75 Å². The first-order valence-corrected chi connectivity index (χ1v) is 4.51. The fraction of sp³-hybridized carbons (Fsp3) is 0. The van der Waals surface area contributed by atoms with Gasteiger partial charge in [0.2, 0.25) is 0 Å². The SMILES string of the molecule is Nc1cc(Nc2cccc(O)c2)ccn1. The number of rotatable bonds is 2. The Morgan fingerprint density at radius 3 is 2.67 bits per heavy atom. The Kier molecular flexibility index (Phi) is 2.41. The number of anilines is 3. The van der Waals surface area contributed by atoms with E-state index in [2.05, 4.69) is 10.3 Å². The number of benzene rings is 1. The lowest BCUT2D eigenvalue weighted by Crippen LogP contribution is -1.93. The van der Waals surface area contributed by atoms with Gasteiger partial charge in [0.25, 0.3) is 0 Å². The minimum atomic E-state index is 0.224. The molecule has 1 aromatic carbocycles. The summed E-state index contributed by atoms with van der Waals surface area (Å²) in [7, 11) is 0. The van der Waals surface area contributed by atoms with Crippen molar-refractivity contribution in [2.24, 2.45) is 0 Å². The number of phenols is 1. The third kappa shape index (κ3) is 2.37. The van der Waals surface area contributed by atoms with Crippen LogP contribution in [0.2, 0.25) is 0 Å². The van der Waals surface area contributed by atoms with Gasteiger partial charge in [-0.2, -0.15) is 0 Å². The van der Waals surface area contributed by atoms with Gasteiger partial charge in [-0.15, -0.1) is 0 Å². The Morgan fingerprint density at radius 2 is 1.93 bits per heavy atom. The van der Waals surface area contributed by atoms with Crippen molar-refractivity contribution in [1.29, 1.82) is 0 Å². The molecule has 76 valence electrons. The van der Waals surface area contributed by atoms with Gasteiger partial charge in [-0.3, -0.25) is 0 Å². The smallest absolute Gasteiger partial charge is 0.125 e. The summed E-state index contributed by atoms with van der Waals surface area (Å²) in [4.78, 5) is 3.89. The van der Waals surface area contributed by atoms with Gasteiger partial charge in [-0.05, 0) is 18.2 Å². The van der Waals surface area contributed by atoms with Gasteiger partial charge in [-0.25, -0.2) is 4.98 Å². The van der Waals surface area contributed by atoms with Crippen LogP contribution < -0.4 is 11.1 Å². The van der Waals surface area contributed by atoms with Crippen molar-refractivity contribution in [1.82, 2.24) is 4.98 Å².